The predicted molar refractivity (Wildman–Crippen MR) is 69.1 cm³/mol. The average molecular weight is 249 g/mol. The first kappa shape index (κ1) is 14.2. The fraction of sp³-hybridized carbons (Fsp3) is 0.462. The molecule has 0 aliphatic rings. The molecule has 0 aromatic carbocycles. The molecule has 0 aliphatic carbocycles. The van der Waals surface area contributed by atoms with Gasteiger partial charge in [0.2, 0.25) is 11.8 Å². The summed E-state index contributed by atoms with van der Waals surface area (Å²) in [6.07, 6.45) is 5.55. The second kappa shape index (κ2) is 5.62. The van der Waals surface area contributed by atoms with Crippen LogP contribution in [0.1, 0.15) is 38.4 Å². The number of imidazole rings is 1. The summed E-state index contributed by atoms with van der Waals surface area (Å²) in [5.74, 6) is -0.222. The van der Waals surface area contributed by atoms with Crippen molar-refractivity contribution in [1.29, 1.82) is 0 Å². The molecule has 0 fully saturated rings. The Morgan fingerprint density at radius 1 is 1.44 bits per heavy atom. The molecule has 18 heavy (non-hydrogen) atoms. The van der Waals surface area contributed by atoms with E-state index in [1.54, 1.807) is 19.3 Å². The molecule has 5 heteroatoms. The first-order valence-electron chi connectivity index (χ1n) is 5.81. The summed E-state index contributed by atoms with van der Waals surface area (Å²) < 4.78 is 1.44. The van der Waals surface area contributed by atoms with Gasteiger partial charge in [-0.15, -0.1) is 0 Å². The fourth-order valence-electron chi connectivity index (χ4n) is 1.43. The van der Waals surface area contributed by atoms with Gasteiger partial charge in [0.1, 0.15) is 6.33 Å². The summed E-state index contributed by atoms with van der Waals surface area (Å²) in [6.45, 7) is 9.01. The SMILES string of the molecule is C=C(C)C(=O)NC(C)(C)CCC(=O)n1ccnc1. The van der Waals surface area contributed by atoms with Crippen LogP contribution in [0.3, 0.4) is 0 Å². The van der Waals surface area contributed by atoms with E-state index in [-0.39, 0.29) is 11.8 Å². The van der Waals surface area contributed by atoms with Gasteiger partial charge in [0, 0.05) is 29.9 Å². The molecule has 1 N–H and O–H groups in total. The molecule has 0 spiro atoms. The van der Waals surface area contributed by atoms with Crippen molar-refractivity contribution < 1.29 is 9.59 Å². The number of hydrogen-bond acceptors (Lipinski definition) is 3. The third-order valence-electron chi connectivity index (χ3n) is 2.60. The van der Waals surface area contributed by atoms with Gasteiger partial charge >= 0.3 is 0 Å². The highest BCUT2D eigenvalue weighted by molar-refractivity contribution is 5.92. The second-order valence-corrected chi connectivity index (χ2v) is 4.98. The number of hydrogen-bond donors (Lipinski definition) is 1. The topological polar surface area (TPSA) is 64.0 Å². The molecule has 1 heterocycles. The number of rotatable bonds is 5. The minimum absolute atomic E-state index is 0.0369. The van der Waals surface area contributed by atoms with Gasteiger partial charge in [-0.05, 0) is 27.2 Å². The smallest absolute Gasteiger partial charge is 0.246 e. The zero-order chi connectivity index (χ0) is 13.8. The van der Waals surface area contributed by atoms with Crippen molar-refractivity contribution in [2.45, 2.75) is 39.2 Å². The van der Waals surface area contributed by atoms with Gasteiger partial charge < -0.3 is 5.32 Å². The Morgan fingerprint density at radius 2 is 2.11 bits per heavy atom. The zero-order valence-electron chi connectivity index (χ0n) is 11.1. The molecule has 5 nitrogen and oxygen atoms in total. The van der Waals surface area contributed by atoms with Crippen LogP contribution in [-0.4, -0.2) is 26.9 Å². The summed E-state index contributed by atoms with van der Waals surface area (Å²) in [5.41, 5.74) is 0.0238. The maximum atomic E-state index is 11.8. The molecule has 0 bridgehead atoms. The molecule has 98 valence electrons. The maximum Gasteiger partial charge on any atom is 0.246 e. The van der Waals surface area contributed by atoms with Crippen LogP contribution in [-0.2, 0) is 4.79 Å². The van der Waals surface area contributed by atoms with Crippen LogP contribution < -0.4 is 5.32 Å². The highest BCUT2D eigenvalue weighted by Crippen LogP contribution is 2.13. The standard InChI is InChI=1S/C13H19N3O2/c1-10(2)12(18)15-13(3,4)6-5-11(17)16-8-7-14-9-16/h7-9H,1,5-6H2,2-4H3,(H,15,18). The molecular formula is C13H19N3O2. The molecule has 0 aliphatic heterocycles. The Hall–Kier alpha value is -1.91. The number of aromatic nitrogens is 2. The van der Waals surface area contributed by atoms with E-state index in [0.29, 0.717) is 18.4 Å². The van der Waals surface area contributed by atoms with Crippen molar-refractivity contribution in [2.24, 2.45) is 0 Å². The van der Waals surface area contributed by atoms with Gasteiger partial charge in [-0.2, -0.15) is 0 Å². The number of nitrogens with one attached hydrogen (secondary N) is 1. The van der Waals surface area contributed by atoms with Gasteiger partial charge in [-0.25, -0.2) is 4.98 Å². The fourth-order valence-corrected chi connectivity index (χ4v) is 1.43. The van der Waals surface area contributed by atoms with Gasteiger partial charge in [0.05, 0.1) is 0 Å². The minimum Gasteiger partial charge on any atom is -0.347 e. The molecule has 1 aromatic rings. The molecule has 0 radical (unpaired) electrons. The summed E-state index contributed by atoms with van der Waals surface area (Å²) in [6, 6.07) is 0. The molecule has 0 saturated heterocycles. The Balaban J connectivity index is 2.49. The molecule has 0 unspecified atom stereocenters. The lowest BCUT2D eigenvalue weighted by molar-refractivity contribution is -0.119. The summed E-state index contributed by atoms with van der Waals surface area (Å²) in [7, 11) is 0. The summed E-state index contributed by atoms with van der Waals surface area (Å²) in [4.78, 5) is 27.1. The van der Waals surface area contributed by atoms with E-state index < -0.39 is 5.54 Å². The van der Waals surface area contributed by atoms with E-state index in [4.69, 9.17) is 0 Å². The second-order valence-electron chi connectivity index (χ2n) is 4.98. The third kappa shape index (κ3) is 4.16. The van der Waals surface area contributed by atoms with Crippen LogP contribution in [0, 0.1) is 0 Å². The van der Waals surface area contributed by atoms with Crippen LogP contribution in [0.2, 0.25) is 0 Å². The maximum absolute atomic E-state index is 11.8. The van der Waals surface area contributed by atoms with Gasteiger partial charge in [-0.1, -0.05) is 6.58 Å². The summed E-state index contributed by atoms with van der Waals surface area (Å²) in [5, 5.41) is 2.84. The van der Waals surface area contributed by atoms with Crippen LogP contribution in [0.4, 0.5) is 0 Å². The van der Waals surface area contributed by atoms with E-state index >= 15 is 0 Å². The van der Waals surface area contributed by atoms with Crippen molar-refractivity contribution in [2.75, 3.05) is 0 Å². The van der Waals surface area contributed by atoms with Crippen molar-refractivity contribution in [3.8, 4) is 0 Å². The van der Waals surface area contributed by atoms with E-state index in [0.717, 1.165) is 0 Å². The number of nitrogens with zero attached hydrogens (tertiary/aromatic N) is 2. The zero-order valence-corrected chi connectivity index (χ0v) is 11.1. The lowest BCUT2D eigenvalue weighted by Gasteiger charge is -2.26. The minimum atomic E-state index is -0.438. The molecule has 0 saturated carbocycles. The largest absolute Gasteiger partial charge is 0.347 e. The molecule has 1 rings (SSSR count). The van der Waals surface area contributed by atoms with Crippen LogP contribution in [0.15, 0.2) is 30.9 Å². The number of carbonyl (C=O) groups is 2. The predicted octanol–water partition coefficient (Wildman–Crippen LogP) is 1.77. The van der Waals surface area contributed by atoms with Crippen LogP contribution in [0.5, 0.6) is 0 Å². The average Bonchev–Trinajstić information content (AvgIpc) is 2.78. The Labute approximate surface area is 107 Å². The highest BCUT2D eigenvalue weighted by Gasteiger charge is 2.22. The van der Waals surface area contributed by atoms with Crippen molar-refractivity contribution >= 4 is 11.8 Å². The van der Waals surface area contributed by atoms with E-state index in [1.807, 2.05) is 13.8 Å². The van der Waals surface area contributed by atoms with Crippen LogP contribution >= 0.6 is 0 Å². The van der Waals surface area contributed by atoms with E-state index in [9.17, 15) is 9.59 Å². The number of carbonyl (C=O) groups excluding carboxylic acids is 2. The first-order chi connectivity index (χ1) is 8.32. The Bertz CT molecular complexity index is 447. The third-order valence-corrected chi connectivity index (χ3v) is 2.60. The lowest BCUT2D eigenvalue weighted by Crippen LogP contribution is -2.44. The molecule has 1 amide bonds. The number of amides is 1. The van der Waals surface area contributed by atoms with E-state index in [1.165, 1.54) is 10.9 Å². The van der Waals surface area contributed by atoms with Gasteiger partial charge in [0.15, 0.2) is 0 Å². The van der Waals surface area contributed by atoms with Crippen molar-refractivity contribution in [1.82, 2.24) is 14.9 Å². The molecular weight excluding hydrogens is 230 g/mol. The summed E-state index contributed by atoms with van der Waals surface area (Å²) >= 11 is 0. The Kier molecular flexibility index (Phi) is 4.42. The van der Waals surface area contributed by atoms with Gasteiger partial charge in [0.25, 0.3) is 0 Å². The lowest BCUT2D eigenvalue weighted by atomic mass is 9.97. The monoisotopic (exact) mass is 249 g/mol. The Morgan fingerprint density at radius 3 is 2.61 bits per heavy atom. The van der Waals surface area contributed by atoms with Crippen molar-refractivity contribution in [3.63, 3.8) is 0 Å². The van der Waals surface area contributed by atoms with Crippen LogP contribution in [0.25, 0.3) is 0 Å². The van der Waals surface area contributed by atoms with E-state index in [2.05, 4.69) is 16.9 Å². The van der Waals surface area contributed by atoms with Gasteiger partial charge in [-0.3, -0.25) is 14.2 Å². The quantitative estimate of drug-likeness (QED) is 0.809. The normalized spacial score (nSPS) is 11.1. The highest BCUT2D eigenvalue weighted by atomic mass is 16.2. The van der Waals surface area contributed by atoms with Crippen molar-refractivity contribution in [3.05, 3.63) is 30.9 Å². The molecule has 1 aromatic heterocycles. The molecule has 0 atom stereocenters. The first-order valence-corrected chi connectivity index (χ1v) is 5.81.